The number of fused-ring (bicyclic) bond motifs is 1. The smallest absolute Gasteiger partial charge is 0.336 e. The Bertz CT molecular complexity index is 795. The van der Waals surface area contributed by atoms with Gasteiger partial charge in [0.2, 0.25) is 0 Å². The van der Waals surface area contributed by atoms with Gasteiger partial charge in [0.15, 0.2) is 0 Å². The fourth-order valence-electron chi connectivity index (χ4n) is 2.39. The second-order valence-corrected chi connectivity index (χ2v) is 6.04. The lowest BCUT2D eigenvalue weighted by molar-refractivity contribution is 0.140. The third-order valence-corrected chi connectivity index (χ3v) is 3.62. The Kier molecular flexibility index (Phi) is 6.38. The Morgan fingerprint density at radius 2 is 1.96 bits per heavy atom. The summed E-state index contributed by atoms with van der Waals surface area (Å²) < 4.78 is 16.3. The monoisotopic (exact) mass is 328 g/mol. The van der Waals surface area contributed by atoms with Gasteiger partial charge in [-0.1, -0.05) is 17.2 Å². The van der Waals surface area contributed by atoms with Gasteiger partial charge in [-0.15, -0.1) is 0 Å². The molecule has 0 bridgehead atoms. The molecule has 4 heteroatoms. The fourth-order valence-corrected chi connectivity index (χ4v) is 2.39. The van der Waals surface area contributed by atoms with Gasteiger partial charge in [0, 0.05) is 24.6 Å². The molecule has 0 saturated heterocycles. The molecule has 2 rings (SSSR count). The number of methoxy groups -OCH3 is 1. The van der Waals surface area contributed by atoms with E-state index in [9.17, 15) is 4.79 Å². The Labute approximate surface area is 142 Å². The Morgan fingerprint density at radius 3 is 2.67 bits per heavy atom. The highest BCUT2D eigenvalue weighted by Gasteiger charge is 2.05. The van der Waals surface area contributed by atoms with E-state index < -0.39 is 0 Å². The van der Waals surface area contributed by atoms with Crippen LogP contribution in [0.2, 0.25) is 0 Å². The van der Waals surface area contributed by atoms with Gasteiger partial charge in [0.1, 0.15) is 17.9 Å². The van der Waals surface area contributed by atoms with Crippen LogP contribution in [0, 0.1) is 0 Å². The van der Waals surface area contributed by atoms with Crippen LogP contribution < -0.4 is 10.4 Å². The SMILES string of the molecule is COC(C=C(C)C)C/C(C)=C/COc1ccc2ccc(=O)oc2c1. The summed E-state index contributed by atoms with van der Waals surface area (Å²) in [5.41, 5.74) is 2.61. The van der Waals surface area contributed by atoms with Crippen LogP contribution in [0.1, 0.15) is 27.2 Å². The van der Waals surface area contributed by atoms with Gasteiger partial charge in [-0.25, -0.2) is 4.79 Å². The zero-order valence-electron chi connectivity index (χ0n) is 14.7. The lowest BCUT2D eigenvalue weighted by atomic mass is 10.1. The van der Waals surface area contributed by atoms with Crippen molar-refractivity contribution in [2.75, 3.05) is 13.7 Å². The number of hydrogen-bond acceptors (Lipinski definition) is 4. The third-order valence-electron chi connectivity index (χ3n) is 3.62. The lowest BCUT2D eigenvalue weighted by Crippen LogP contribution is -2.08. The fraction of sp³-hybridized carbons (Fsp3) is 0.350. The highest BCUT2D eigenvalue weighted by molar-refractivity contribution is 5.77. The van der Waals surface area contributed by atoms with Crippen LogP contribution in [0.4, 0.5) is 0 Å². The minimum absolute atomic E-state index is 0.0844. The summed E-state index contributed by atoms with van der Waals surface area (Å²) in [6, 6.07) is 8.63. The number of rotatable bonds is 7. The minimum atomic E-state index is -0.361. The van der Waals surface area contributed by atoms with Crippen molar-refractivity contribution in [3.05, 3.63) is 64.1 Å². The summed E-state index contributed by atoms with van der Waals surface area (Å²) in [5, 5.41) is 0.873. The van der Waals surface area contributed by atoms with Crippen molar-refractivity contribution in [2.45, 2.75) is 33.3 Å². The topological polar surface area (TPSA) is 48.7 Å². The molecule has 1 aromatic heterocycles. The lowest BCUT2D eigenvalue weighted by Gasteiger charge is -2.12. The number of hydrogen-bond donors (Lipinski definition) is 0. The van der Waals surface area contributed by atoms with Gasteiger partial charge in [-0.3, -0.25) is 0 Å². The van der Waals surface area contributed by atoms with Crippen LogP contribution >= 0.6 is 0 Å². The van der Waals surface area contributed by atoms with E-state index in [0.29, 0.717) is 17.9 Å². The standard InChI is InChI=1S/C20H24O4/c1-14(2)11-18(22-4)12-15(3)9-10-23-17-7-5-16-6-8-20(21)24-19(16)13-17/h5-9,11,13,18H,10,12H2,1-4H3/b15-9+. The summed E-state index contributed by atoms with van der Waals surface area (Å²) >= 11 is 0. The molecular weight excluding hydrogens is 304 g/mol. The zero-order valence-corrected chi connectivity index (χ0v) is 14.7. The Hall–Kier alpha value is -2.33. The molecule has 1 unspecified atom stereocenters. The maximum absolute atomic E-state index is 11.3. The predicted molar refractivity (Wildman–Crippen MR) is 96.6 cm³/mol. The first kappa shape index (κ1) is 18.0. The molecule has 0 aliphatic heterocycles. The van der Waals surface area contributed by atoms with Crippen molar-refractivity contribution in [2.24, 2.45) is 0 Å². The van der Waals surface area contributed by atoms with E-state index in [1.54, 1.807) is 19.2 Å². The van der Waals surface area contributed by atoms with Gasteiger partial charge >= 0.3 is 5.63 Å². The van der Waals surface area contributed by atoms with Gasteiger partial charge < -0.3 is 13.9 Å². The molecule has 0 radical (unpaired) electrons. The molecule has 4 nitrogen and oxygen atoms in total. The van der Waals surface area contributed by atoms with Crippen LogP contribution in [-0.2, 0) is 4.74 Å². The van der Waals surface area contributed by atoms with E-state index in [1.165, 1.54) is 17.2 Å². The van der Waals surface area contributed by atoms with Crippen molar-refractivity contribution in [1.29, 1.82) is 0 Å². The van der Waals surface area contributed by atoms with Crippen LogP contribution in [0.3, 0.4) is 0 Å². The third kappa shape index (κ3) is 5.39. The Morgan fingerprint density at radius 1 is 1.21 bits per heavy atom. The summed E-state index contributed by atoms with van der Waals surface area (Å²) in [6.07, 6.45) is 5.07. The second kappa shape index (κ2) is 8.50. The largest absolute Gasteiger partial charge is 0.489 e. The van der Waals surface area contributed by atoms with Crippen molar-refractivity contribution < 1.29 is 13.9 Å². The minimum Gasteiger partial charge on any atom is -0.489 e. The quantitative estimate of drug-likeness (QED) is 0.555. The summed E-state index contributed by atoms with van der Waals surface area (Å²) in [6.45, 7) is 6.64. The van der Waals surface area contributed by atoms with Crippen LogP contribution in [0.15, 0.2) is 62.8 Å². The maximum Gasteiger partial charge on any atom is 0.336 e. The first-order chi connectivity index (χ1) is 11.5. The molecule has 128 valence electrons. The van der Waals surface area contributed by atoms with Crippen molar-refractivity contribution >= 4 is 11.0 Å². The molecule has 0 saturated carbocycles. The van der Waals surface area contributed by atoms with Crippen molar-refractivity contribution in [3.63, 3.8) is 0 Å². The van der Waals surface area contributed by atoms with Gasteiger partial charge in [0.25, 0.3) is 0 Å². The van der Waals surface area contributed by atoms with Gasteiger partial charge in [0.05, 0.1) is 6.10 Å². The van der Waals surface area contributed by atoms with Crippen LogP contribution in [0.25, 0.3) is 11.0 Å². The van der Waals surface area contributed by atoms with Crippen molar-refractivity contribution in [3.8, 4) is 5.75 Å². The summed E-state index contributed by atoms with van der Waals surface area (Å²) in [7, 11) is 1.72. The average molecular weight is 328 g/mol. The highest BCUT2D eigenvalue weighted by atomic mass is 16.5. The highest BCUT2D eigenvalue weighted by Crippen LogP contribution is 2.19. The molecule has 1 heterocycles. The van der Waals surface area contributed by atoms with Gasteiger partial charge in [-0.05, 0) is 51.5 Å². The van der Waals surface area contributed by atoms with Crippen molar-refractivity contribution in [1.82, 2.24) is 0 Å². The molecule has 0 fully saturated rings. The molecule has 2 aromatic rings. The van der Waals surface area contributed by atoms with Gasteiger partial charge in [-0.2, -0.15) is 0 Å². The molecule has 0 aliphatic rings. The molecule has 0 aliphatic carbocycles. The molecule has 0 spiro atoms. The molecule has 0 N–H and O–H groups in total. The molecule has 1 atom stereocenters. The Balaban J connectivity index is 1.97. The van der Waals surface area contributed by atoms with E-state index in [1.807, 2.05) is 18.2 Å². The summed E-state index contributed by atoms with van der Waals surface area (Å²) in [4.78, 5) is 11.3. The van der Waals surface area contributed by atoms with E-state index in [4.69, 9.17) is 13.9 Å². The summed E-state index contributed by atoms with van der Waals surface area (Å²) in [5.74, 6) is 0.675. The number of benzene rings is 1. The number of ether oxygens (including phenoxy) is 2. The normalized spacial score (nSPS) is 12.9. The zero-order chi connectivity index (χ0) is 17.5. The second-order valence-electron chi connectivity index (χ2n) is 6.04. The average Bonchev–Trinajstić information content (AvgIpc) is 2.53. The van der Waals surface area contributed by atoms with Crippen LogP contribution in [0.5, 0.6) is 5.75 Å². The molecular formula is C20H24O4. The molecule has 24 heavy (non-hydrogen) atoms. The van der Waals surface area contributed by atoms with E-state index in [-0.39, 0.29) is 11.7 Å². The maximum atomic E-state index is 11.3. The predicted octanol–water partition coefficient (Wildman–Crippen LogP) is 4.49. The molecule has 1 aromatic carbocycles. The molecule has 0 amide bonds. The van der Waals surface area contributed by atoms with E-state index in [2.05, 4.69) is 26.8 Å². The van der Waals surface area contributed by atoms with E-state index >= 15 is 0 Å². The van der Waals surface area contributed by atoms with Crippen LogP contribution in [-0.4, -0.2) is 19.8 Å². The number of allylic oxidation sites excluding steroid dienone is 1. The first-order valence-corrected chi connectivity index (χ1v) is 7.98. The van der Waals surface area contributed by atoms with E-state index in [0.717, 1.165) is 11.8 Å². The first-order valence-electron chi connectivity index (χ1n) is 7.98.